The molecule has 0 radical (unpaired) electrons. The quantitative estimate of drug-likeness (QED) is 0.0814. The first-order chi connectivity index (χ1) is 59.5. The molecule has 8 aliphatic rings. The minimum Gasteiger partial charge on any atom is -0.274 e. The molecule has 5 aromatic heterocycles. The standard InChI is InChI=1S/C102H68N12O8S/c1-41(2)37-111-95(115)57-29-21-49-67-53(25-33-61(71(57)67)99(111)119)81-77(49)103-85-65(47-17-13-11-14-18-47)86-90(108-82-54-26-34-62-72-58(30-22-50(68(54)72)78(82)104-86)96(116)112(100(62)120)38-42(3)4)75(89(85)107-81)93-45(9)46(10)94(123-93)76-91-87(105-79-51-23-31-59-73-63(35-27-55(69(51)73)83(79)109-91)101(121)113(97(59)117)39-43(5)6)66(48-19-15-12-16-20-48)88-92(76)110-84-56-28-36-64-74-60(32-24-52(70(56)74)80(84)106-88)98(118)114(102(64)122)40-44(7)8/h11-36,41-44H,37-40H2,1-10H3. The summed E-state index contributed by atoms with van der Waals surface area (Å²) in [5.41, 5.74) is 22.8. The van der Waals surface area contributed by atoms with Crippen LogP contribution in [-0.2, 0) is 0 Å². The van der Waals surface area contributed by atoms with Gasteiger partial charge in [0.2, 0.25) is 0 Å². The van der Waals surface area contributed by atoms with Gasteiger partial charge in [-0.15, -0.1) is 11.3 Å². The van der Waals surface area contributed by atoms with Crippen molar-refractivity contribution in [2.45, 2.75) is 69.2 Å². The molecule has 4 aliphatic heterocycles. The van der Waals surface area contributed by atoms with Crippen LogP contribution in [0.5, 0.6) is 0 Å². The molecule has 0 atom stereocenters. The summed E-state index contributed by atoms with van der Waals surface area (Å²) in [7, 11) is 0. The summed E-state index contributed by atoms with van der Waals surface area (Å²) in [5, 5.41) is 4.99. The lowest BCUT2D eigenvalue weighted by atomic mass is 9.90. The Balaban J connectivity index is 0.800. The number of hydrogen-bond acceptors (Lipinski definition) is 17. The maximum absolute atomic E-state index is 14.7. The van der Waals surface area contributed by atoms with Crippen molar-refractivity contribution in [3.05, 3.63) is 213 Å². The second kappa shape index (κ2) is 24.5. The summed E-state index contributed by atoms with van der Waals surface area (Å²) in [6, 6.07) is 49.9. The van der Waals surface area contributed by atoms with Crippen LogP contribution >= 0.6 is 11.3 Å². The van der Waals surface area contributed by atoms with Crippen LogP contribution in [0.1, 0.15) is 149 Å². The Bertz CT molecular complexity index is 7220. The zero-order chi connectivity index (χ0) is 83.7. The number of hydrogen-bond donors (Lipinski definition) is 0. The van der Waals surface area contributed by atoms with Crippen LogP contribution in [0.15, 0.2) is 158 Å². The number of carbonyl (C=O) groups excluding carboxylic acids is 8. The van der Waals surface area contributed by atoms with Gasteiger partial charge in [-0.25, -0.2) is 39.9 Å². The second-order valence-corrected chi connectivity index (χ2v) is 36.5. The Morgan fingerprint density at radius 2 is 0.390 bits per heavy atom. The van der Waals surface area contributed by atoms with Crippen LogP contribution in [0, 0.1) is 37.5 Å². The Morgan fingerprint density at radius 3 is 0.569 bits per heavy atom. The lowest BCUT2D eigenvalue weighted by Crippen LogP contribution is -2.42. The summed E-state index contributed by atoms with van der Waals surface area (Å²) in [4.78, 5) is 173. The molecule has 0 saturated carbocycles. The zero-order valence-corrected chi connectivity index (χ0v) is 69.0. The van der Waals surface area contributed by atoms with Gasteiger partial charge in [0.1, 0.15) is 44.1 Å². The molecule has 0 spiro atoms. The Kier molecular flexibility index (Phi) is 14.2. The van der Waals surface area contributed by atoms with Crippen molar-refractivity contribution in [3.63, 3.8) is 0 Å². The molecule has 4 aliphatic carbocycles. The van der Waals surface area contributed by atoms with E-state index in [1.807, 2.05) is 213 Å². The molecule has 17 aromatic rings. The average Bonchev–Trinajstić information content (AvgIpc) is 1.54. The molecular formula is C102H68N12O8S. The summed E-state index contributed by atoms with van der Waals surface area (Å²) in [6.45, 7) is 21.1. The van der Waals surface area contributed by atoms with Crippen LogP contribution in [-0.4, -0.2) is 133 Å². The van der Waals surface area contributed by atoms with Crippen LogP contribution in [0.25, 0.3) is 220 Å². The van der Waals surface area contributed by atoms with Gasteiger partial charge < -0.3 is 0 Å². The van der Waals surface area contributed by atoms with E-state index in [1.165, 1.54) is 30.9 Å². The monoisotopic (exact) mass is 1620 g/mol. The SMILES string of the molecule is Cc1c(-c2c3nc4c(nc3c(-c3ccccc3)c3nc5c(nc23)-c2ccc3c6c(ccc-5c26)C(=O)N(CC(C)C)C3=O)-c2ccc3c5c(ccc-4c25)C(=O)N(CC(C)C)C3=O)sc(-c2c3nc4c(nc3c(-c3ccccc3)c3nc5c(nc23)-c2ccc3c6c(ccc-5c26)C(=O)N(CC(C)C)C3=O)-c2ccc3c5c(ccc-4c25)C(=O)N(CC(C)C)C3=O)c1C. The smallest absolute Gasteiger partial charge is 0.261 e. The summed E-state index contributed by atoms with van der Waals surface area (Å²) >= 11 is 1.50. The predicted octanol–water partition coefficient (Wildman–Crippen LogP) is 21.0. The van der Waals surface area contributed by atoms with Crippen molar-refractivity contribution in [1.82, 2.24) is 59.5 Å². The fraction of sp³-hybridized carbons (Fsp3) is 0.176. The molecule has 25 rings (SSSR count). The number of thiophene rings is 1. The molecule has 9 heterocycles. The lowest BCUT2D eigenvalue weighted by molar-refractivity contribution is 0.0577. The fourth-order valence-electron chi connectivity index (χ4n) is 21.0. The number of imide groups is 4. The number of benzene rings is 12. The first-order valence-electron chi connectivity index (χ1n) is 41.8. The van der Waals surface area contributed by atoms with Crippen LogP contribution in [0.3, 0.4) is 0 Å². The number of aromatic nitrogens is 8. The third-order valence-electron chi connectivity index (χ3n) is 26.2. The van der Waals surface area contributed by atoms with Crippen LogP contribution < -0.4 is 0 Å². The second-order valence-electron chi connectivity index (χ2n) is 35.5. The number of rotatable bonds is 12. The van der Waals surface area contributed by atoms with E-state index in [4.69, 9.17) is 39.9 Å². The Labute approximate surface area is 705 Å². The molecule has 0 fully saturated rings. The van der Waals surface area contributed by atoms with Gasteiger partial charge in [0.05, 0.1) is 45.6 Å². The van der Waals surface area contributed by atoms with E-state index in [1.54, 1.807) is 0 Å². The van der Waals surface area contributed by atoms with Gasteiger partial charge in [0, 0.05) is 190 Å². The minimum atomic E-state index is -0.366. The number of carbonyl (C=O) groups is 8. The topological polar surface area (TPSA) is 253 Å². The van der Waals surface area contributed by atoms with Crippen LogP contribution in [0.4, 0.5) is 0 Å². The molecule has 0 bridgehead atoms. The highest BCUT2D eigenvalue weighted by Gasteiger charge is 2.45. The van der Waals surface area contributed by atoms with E-state index in [2.05, 4.69) is 13.8 Å². The molecule has 123 heavy (non-hydrogen) atoms. The largest absolute Gasteiger partial charge is 0.274 e. The number of nitrogens with zero attached hydrogens (tertiary/aromatic N) is 12. The zero-order valence-electron chi connectivity index (χ0n) is 68.2. The van der Waals surface area contributed by atoms with E-state index in [0.717, 1.165) is 32.0 Å². The lowest BCUT2D eigenvalue weighted by Gasteiger charge is -2.28. The molecule has 20 nitrogen and oxygen atoms in total. The highest BCUT2D eigenvalue weighted by Crippen LogP contribution is 2.60. The van der Waals surface area contributed by atoms with E-state index in [9.17, 15) is 38.4 Å². The molecule has 8 amide bonds. The van der Waals surface area contributed by atoms with Crippen LogP contribution in [0.2, 0.25) is 0 Å². The normalized spacial score (nSPS) is 14.7. The van der Waals surface area contributed by atoms with Gasteiger partial charge in [0.25, 0.3) is 47.3 Å². The van der Waals surface area contributed by atoms with Crippen molar-refractivity contribution in [1.29, 1.82) is 0 Å². The molecule has 590 valence electrons. The summed E-state index contributed by atoms with van der Waals surface area (Å²) in [5.74, 6) is -2.87. The fourth-order valence-corrected chi connectivity index (χ4v) is 22.4. The molecule has 21 heteroatoms. The van der Waals surface area contributed by atoms with E-state index in [-0.39, 0.29) is 97.1 Å². The maximum Gasteiger partial charge on any atom is 0.261 e. The molecule has 0 N–H and O–H groups in total. The van der Waals surface area contributed by atoms with Gasteiger partial charge >= 0.3 is 0 Å². The Hall–Kier alpha value is -14.7. The van der Waals surface area contributed by atoms with E-state index >= 15 is 0 Å². The summed E-state index contributed by atoms with van der Waals surface area (Å²) in [6.07, 6.45) is 0. The van der Waals surface area contributed by atoms with Crippen molar-refractivity contribution >= 4 is 146 Å². The molecular weight excluding hydrogens is 1550 g/mol. The van der Waals surface area contributed by atoms with Gasteiger partial charge in [-0.3, -0.25) is 58.0 Å². The Morgan fingerprint density at radius 1 is 0.228 bits per heavy atom. The summed E-state index contributed by atoms with van der Waals surface area (Å²) < 4.78 is 0. The van der Waals surface area contributed by atoms with Gasteiger partial charge in [-0.05, 0) is 108 Å². The molecule has 0 saturated heterocycles. The van der Waals surface area contributed by atoms with Crippen molar-refractivity contribution < 1.29 is 38.4 Å². The van der Waals surface area contributed by atoms with E-state index < -0.39 is 0 Å². The highest BCUT2D eigenvalue weighted by atomic mass is 32.1. The average molecular weight is 1620 g/mol. The minimum absolute atomic E-state index is 0.0155. The molecule has 0 unspecified atom stereocenters. The maximum atomic E-state index is 14.7. The van der Waals surface area contributed by atoms with Gasteiger partial charge in [0.15, 0.2) is 0 Å². The third kappa shape index (κ3) is 9.11. The van der Waals surface area contributed by atoms with Gasteiger partial charge in [-0.1, -0.05) is 165 Å². The van der Waals surface area contributed by atoms with Crippen molar-refractivity contribution in [2.75, 3.05) is 26.2 Å². The molecule has 12 aromatic carbocycles. The third-order valence-corrected chi connectivity index (χ3v) is 27.6. The number of amides is 8. The van der Waals surface area contributed by atoms with E-state index in [0.29, 0.717) is 244 Å². The predicted molar refractivity (Wildman–Crippen MR) is 476 cm³/mol. The van der Waals surface area contributed by atoms with Gasteiger partial charge in [-0.2, -0.15) is 0 Å². The first kappa shape index (κ1) is 71.2. The van der Waals surface area contributed by atoms with Crippen molar-refractivity contribution in [2.24, 2.45) is 23.7 Å². The number of fused-ring (bicyclic) bond motifs is 16. The van der Waals surface area contributed by atoms with Crippen molar-refractivity contribution in [3.8, 4) is 133 Å². The highest BCUT2D eigenvalue weighted by molar-refractivity contribution is 7.19. The first-order valence-corrected chi connectivity index (χ1v) is 42.6.